The number of amides is 3. The van der Waals surface area contributed by atoms with E-state index in [4.69, 9.17) is 21.1 Å². The molecule has 3 amide bonds. The lowest BCUT2D eigenvalue weighted by Crippen LogP contribution is -2.49. The van der Waals surface area contributed by atoms with Gasteiger partial charge in [-0.15, -0.1) is 11.6 Å². The van der Waals surface area contributed by atoms with Crippen molar-refractivity contribution >= 4 is 23.5 Å². The highest BCUT2D eigenvalue weighted by Crippen LogP contribution is 2.21. The molecule has 1 fully saturated rings. The lowest BCUT2D eigenvalue weighted by molar-refractivity contribution is -0.119. The lowest BCUT2D eigenvalue weighted by atomic mass is 10.0. The average Bonchev–Trinajstić information content (AvgIpc) is 2.76. The largest absolute Gasteiger partial charge is 0.378 e. The maximum Gasteiger partial charge on any atom is 0.321 e. The van der Waals surface area contributed by atoms with Gasteiger partial charge in [-0.05, 0) is 0 Å². The van der Waals surface area contributed by atoms with Crippen LogP contribution in [0.25, 0.3) is 0 Å². The molecule has 1 atom stereocenters. The standard InChI is InChI=1S/C10H17ClN2O4/c1-16-10(3-5-17-7-10)6-12-9(15)13-8(14)2-4-11/h2-7H2,1H3,(H2,12,13,14,15). The molecule has 1 heterocycles. The summed E-state index contributed by atoms with van der Waals surface area (Å²) in [6.45, 7) is 1.37. The van der Waals surface area contributed by atoms with Crippen LogP contribution in [0.3, 0.4) is 0 Å². The van der Waals surface area contributed by atoms with Crippen LogP contribution in [0.15, 0.2) is 0 Å². The third-order valence-corrected chi connectivity index (χ3v) is 2.83. The summed E-state index contributed by atoms with van der Waals surface area (Å²) >= 11 is 5.38. The Labute approximate surface area is 105 Å². The molecule has 7 heteroatoms. The zero-order valence-electron chi connectivity index (χ0n) is 9.75. The number of carbonyl (C=O) groups excluding carboxylic acids is 2. The number of urea groups is 1. The number of hydrogen-bond donors (Lipinski definition) is 2. The molecule has 0 aromatic rings. The molecule has 0 aliphatic carbocycles. The maximum atomic E-state index is 11.4. The summed E-state index contributed by atoms with van der Waals surface area (Å²) in [6.07, 6.45) is 0.840. The van der Waals surface area contributed by atoms with Crippen LogP contribution in [-0.2, 0) is 14.3 Å². The molecule has 0 radical (unpaired) electrons. The lowest BCUT2D eigenvalue weighted by Gasteiger charge is -2.25. The average molecular weight is 265 g/mol. The van der Waals surface area contributed by atoms with Crippen molar-refractivity contribution in [2.75, 3.05) is 32.7 Å². The van der Waals surface area contributed by atoms with Crippen LogP contribution in [0.2, 0.25) is 0 Å². The normalized spacial score (nSPS) is 23.4. The van der Waals surface area contributed by atoms with E-state index in [0.717, 1.165) is 6.42 Å². The predicted octanol–water partition coefficient (Wildman–Crippen LogP) is 0.247. The summed E-state index contributed by atoms with van der Waals surface area (Å²) in [6, 6.07) is -0.538. The van der Waals surface area contributed by atoms with E-state index in [1.54, 1.807) is 7.11 Å². The van der Waals surface area contributed by atoms with E-state index in [1.165, 1.54) is 0 Å². The summed E-state index contributed by atoms with van der Waals surface area (Å²) in [5.74, 6) is -0.207. The van der Waals surface area contributed by atoms with Gasteiger partial charge in [-0.25, -0.2) is 4.79 Å². The Morgan fingerprint density at radius 2 is 2.29 bits per heavy atom. The van der Waals surface area contributed by atoms with Gasteiger partial charge in [0.2, 0.25) is 5.91 Å². The van der Waals surface area contributed by atoms with E-state index in [9.17, 15) is 9.59 Å². The number of alkyl halides is 1. The number of imide groups is 1. The van der Waals surface area contributed by atoms with Crippen LogP contribution in [0.4, 0.5) is 4.79 Å². The highest BCUT2D eigenvalue weighted by molar-refractivity contribution is 6.19. The molecule has 1 rings (SSSR count). The van der Waals surface area contributed by atoms with Crippen molar-refractivity contribution in [2.45, 2.75) is 18.4 Å². The zero-order chi connectivity index (χ0) is 12.7. The molecule has 1 saturated heterocycles. The van der Waals surface area contributed by atoms with Crippen molar-refractivity contribution < 1.29 is 19.1 Å². The minimum Gasteiger partial charge on any atom is -0.378 e. The van der Waals surface area contributed by atoms with Gasteiger partial charge in [0.05, 0.1) is 13.2 Å². The molecule has 98 valence electrons. The number of nitrogens with one attached hydrogen (secondary N) is 2. The molecule has 17 heavy (non-hydrogen) atoms. The second-order valence-electron chi connectivity index (χ2n) is 3.86. The van der Waals surface area contributed by atoms with E-state index < -0.39 is 17.5 Å². The molecule has 0 bridgehead atoms. The Balaban J connectivity index is 2.29. The maximum absolute atomic E-state index is 11.4. The Morgan fingerprint density at radius 1 is 1.53 bits per heavy atom. The highest BCUT2D eigenvalue weighted by Gasteiger charge is 2.35. The van der Waals surface area contributed by atoms with Gasteiger partial charge in [0, 0.05) is 32.4 Å². The highest BCUT2D eigenvalue weighted by atomic mass is 35.5. The summed E-state index contributed by atoms with van der Waals surface area (Å²) in [7, 11) is 1.58. The van der Waals surface area contributed by atoms with Gasteiger partial charge in [-0.2, -0.15) is 0 Å². The Bertz CT molecular complexity index is 279. The van der Waals surface area contributed by atoms with E-state index in [1.807, 2.05) is 0 Å². The fourth-order valence-electron chi connectivity index (χ4n) is 1.52. The van der Waals surface area contributed by atoms with Gasteiger partial charge >= 0.3 is 6.03 Å². The first-order valence-electron chi connectivity index (χ1n) is 5.38. The van der Waals surface area contributed by atoms with Crippen LogP contribution in [0.5, 0.6) is 0 Å². The number of rotatable bonds is 5. The third kappa shape index (κ3) is 4.49. The van der Waals surface area contributed by atoms with Gasteiger partial charge in [0.15, 0.2) is 0 Å². The first-order chi connectivity index (χ1) is 8.12. The van der Waals surface area contributed by atoms with Crippen LogP contribution in [-0.4, -0.2) is 50.3 Å². The first-order valence-corrected chi connectivity index (χ1v) is 5.92. The van der Waals surface area contributed by atoms with Crippen LogP contribution >= 0.6 is 11.6 Å². The van der Waals surface area contributed by atoms with Gasteiger partial charge in [0.1, 0.15) is 5.60 Å². The fraction of sp³-hybridized carbons (Fsp3) is 0.800. The predicted molar refractivity (Wildman–Crippen MR) is 62.1 cm³/mol. The van der Waals surface area contributed by atoms with E-state index >= 15 is 0 Å². The quantitative estimate of drug-likeness (QED) is 0.698. The van der Waals surface area contributed by atoms with Crippen LogP contribution in [0, 0.1) is 0 Å². The third-order valence-electron chi connectivity index (χ3n) is 2.65. The number of halogens is 1. The molecular weight excluding hydrogens is 248 g/mol. The summed E-state index contributed by atoms with van der Waals surface area (Å²) < 4.78 is 10.6. The van der Waals surface area contributed by atoms with Gasteiger partial charge in [0.25, 0.3) is 0 Å². The number of carbonyl (C=O) groups is 2. The molecule has 0 spiro atoms. The van der Waals surface area contributed by atoms with E-state index in [-0.39, 0.29) is 12.3 Å². The topological polar surface area (TPSA) is 76.7 Å². The van der Waals surface area contributed by atoms with Crippen LogP contribution in [0.1, 0.15) is 12.8 Å². The van der Waals surface area contributed by atoms with Gasteiger partial charge in [-0.3, -0.25) is 10.1 Å². The Kier molecular flexibility index (Phi) is 5.67. The van der Waals surface area contributed by atoms with Crippen molar-refractivity contribution in [1.29, 1.82) is 0 Å². The number of hydrogen-bond acceptors (Lipinski definition) is 4. The molecular formula is C10H17ClN2O4. The zero-order valence-corrected chi connectivity index (χ0v) is 10.5. The SMILES string of the molecule is COC1(CNC(=O)NC(=O)CCCl)CCOC1. The molecule has 6 nitrogen and oxygen atoms in total. The molecule has 1 aliphatic rings. The van der Waals surface area contributed by atoms with Crippen LogP contribution < -0.4 is 10.6 Å². The molecule has 0 aromatic carbocycles. The first kappa shape index (κ1) is 14.2. The van der Waals surface area contributed by atoms with Crippen molar-refractivity contribution in [3.05, 3.63) is 0 Å². The smallest absolute Gasteiger partial charge is 0.321 e. The Morgan fingerprint density at radius 3 is 2.82 bits per heavy atom. The monoisotopic (exact) mass is 264 g/mol. The minimum absolute atomic E-state index is 0.119. The van der Waals surface area contributed by atoms with Crippen molar-refractivity contribution in [3.63, 3.8) is 0 Å². The van der Waals surface area contributed by atoms with Crippen molar-refractivity contribution in [3.8, 4) is 0 Å². The van der Waals surface area contributed by atoms with Gasteiger partial charge in [-0.1, -0.05) is 0 Å². The van der Waals surface area contributed by atoms with E-state index in [2.05, 4.69) is 10.6 Å². The van der Waals surface area contributed by atoms with Crippen molar-refractivity contribution in [1.82, 2.24) is 10.6 Å². The number of methoxy groups -OCH3 is 1. The molecule has 1 unspecified atom stereocenters. The Hall–Kier alpha value is -0.850. The minimum atomic E-state index is -0.538. The molecule has 0 aromatic heterocycles. The summed E-state index contributed by atoms with van der Waals surface area (Å²) in [5, 5.41) is 4.76. The van der Waals surface area contributed by atoms with Gasteiger partial charge < -0.3 is 14.8 Å². The van der Waals surface area contributed by atoms with Crippen molar-refractivity contribution in [2.24, 2.45) is 0 Å². The number of ether oxygens (including phenoxy) is 2. The fourth-order valence-corrected chi connectivity index (χ4v) is 1.69. The molecule has 0 saturated carbocycles. The second-order valence-corrected chi connectivity index (χ2v) is 4.24. The summed E-state index contributed by atoms with van der Waals surface area (Å²) in [5.41, 5.74) is -0.479. The summed E-state index contributed by atoms with van der Waals surface area (Å²) in [4.78, 5) is 22.4. The van der Waals surface area contributed by atoms with E-state index in [0.29, 0.717) is 19.8 Å². The molecule has 2 N–H and O–H groups in total. The molecule has 1 aliphatic heterocycles. The second kappa shape index (κ2) is 6.78.